The second-order valence-electron chi connectivity index (χ2n) is 7.59. The van der Waals surface area contributed by atoms with Crippen molar-refractivity contribution in [2.24, 2.45) is 0 Å². The van der Waals surface area contributed by atoms with Crippen molar-refractivity contribution in [3.05, 3.63) is 84.9 Å². The smallest absolute Gasteiger partial charge is 0.251 e. The Bertz CT molecular complexity index is 1140. The fourth-order valence-electron chi connectivity index (χ4n) is 4.04. The number of amides is 1. The van der Waals surface area contributed by atoms with Gasteiger partial charge in [-0.1, -0.05) is 12.1 Å². The molecule has 1 N–H and O–H groups in total. The molecule has 0 atom stereocenters. The quantitative estimate of drug-likeness (QED) is 0.569. The summed E-state index contributed by atoms with van der Waals surface area (Å²) in [5.41, 5.74) is 2.69. The summed E-state index contributed by atoms with van der Waals surface area (Å²) in [6, 6.07) is 19.9. The molecular weight excluding hydrogens is 374 g/mol. The summed E-state index contributed by atoms with van der Waals surface area (Å²) >= 11 is 0. The molecule has 0 radical (unpaired) electrons. The molecular formula is C24H23N5O. The Morgan fingerprint density at radius 1 is 0.900 bits per heavy atom. The fraction of sp³-hybridized carbons (Fsp3) is 0.208. The van der Waals surface area contributed by atoms with Crippen LogP contribution in [-0.4, -0.2) is 39.6 Å². The molecule has 1 amide bonds. The summed E-state index contributed by atoms with van der Waals surface area (Å²) in [5.74, 6) is 0.964. The molecule has 1 saturated heterocycles. The zero-order valence-corrected chi connectivity index (χ0v) is 16.6. The molecule has 0 spiro atoms. The molecule has 0 unspecified atom stereocenters. The first-order chi connectivity index (χ1) is 14.8. The van der Waals surface area contributed by atoms with Crippen molar-refractivity contribution >= 4 is 22.6 Å². The number of nitrogens with zero attached hydrogens (tertiary/aromatic N) is 4. The van der Waals surface area contributed by atoms with Crippen LogP contribution in [0.2, 0.25) is 0 Å². The number of rotatable bonds is 4. The molecule has 3 heterocycles. The second-order valence-corrected chi connectivity index (χ2v) is 7.59. The van der Waals surface area contributed by atoms with Crippen molar-refractivity contribution in [1.29, 1.82) is 0 Å². The van der Waals surface area contributed by atoms with Crippen molar-refractivity contribution in [1.82, 2.24) is 19.9 Å². The third-order valence-corrected chi connectivity index (χ3v) is 5.68. The van der Waals surface area contributed by atoms with Crippen LogP contribution in [-0.2, 0) is 0 Å². The van der Waals surface area contributed by atoms with Gasteiger partial charge in [-0.15, -0.1) is 0 Å². The Labute approximate surface area is 175 Å². The van der Waals surface area contributed by atoms with Gasteiger partial charge in [-0.05, 0) is 61.4 Å². The third-order valence-electron chi connectivity index (χ3n) is 5.68. The Morgan fingerprint density at radius 3 is 2.40 bits per heavy atom. The Hall–Kier alpha value is -3.67. The van der Waals surface area contributed by atoms with Gasteiger partial charge in [0.05, 0.1) is 5.52 Å². The van der Waals surface area contributed by atoms with Crippen molar-refractivity contribution in [2.75, 3.05) is 18.0 Å². The van der Waals surface area contributed by atoms with E-state index in [1.165, 1.54) is 0 Å². The monoisotopic (exact) mass is 397 g/mol. The van der Waals surface area contributed by atoms with Crippen LogP contribution in [0.25, 0.3) is 16.6 Å². The average Bonchev–Trinajstić information content (AvgIpc) is 3.34. The van der Waals surface area contributed by atoms with E-state index in [4.69, 9.17) is 0 Å². The SMILES string of the molecule is O=C(NC1CCN(c2ncnc3ccccc23)CC1)c1ccc(-n2cccc2)cc1. The predicted octanol–water partition coefficient (Wildman–Crippen LogP) is 3.82. The highest BCUT2D eigenvalue weighted by atomic mass is 16.1. The lowest BCUT2D eigenvalue weighted by atomic mass is 10.0. The van der Waals surface area contributed by atoms with Crippen LogP contribution in [0.4, 0.5) is 5.82 Å². The molecule has 30 heavy (non-hydrogen) atoms. The summed E-state index contributed by atoms with van der Waals surface area (Å²) < 4.78 is 2.02. The van der Waals surface area contributed by atoms with Crippen LogP contribution in [0.15, 0.2) is 79.4 Å². The van der Waals surface area contributed by atoms with Crippen molar-refractivity contribution in [2.45, 2.75) is 18.9 Å². The zero-order valence-electron chi connectivity index (χ0n) is 16.6. The number of fused-ring (bicyclic) bond motifs is 1. The molecule has 2 aromatic heterocycles. The van der Waals surface area contributed by atoms with Crippen molar-refractivity contribution in [3.63, 3.8) is 0 Å². The van der Waals surface area contributed by atoms with E-state index in [0.29, 0.717) is 5.56 Å². The molecule has 0 aliphatic carbocycles. The molecule has 0 bridgehead atoms. The summed E-state index contributed by atoms with van der Waals surface area (Å²) in [5, 5.41) is 4.27. The fourth-order valence-corrected chi connectivity index (χ4v) is 4.04. The number of carbonyl (C=O) groups is 1. The molecule has 1 aliphatic rings. The summed E-state index contributed by atoms with van der Waals surface area (Å²) in [6.07, 6.45) is 7.40. The Morgan fingerprint density at radius 2 is 1.63 bits per heavy atom. The second kappa shape index (κ2) is 7.99. The van der Waals surface area contributed by atoms with E-state index in [1.54, 1.807) is 6.33 Å². The Kier molecular flexibility index (Phi) is 4.89. The average molecular weight is 397 g/mol. The van der Waals surface area contributed by atoms with Crippen LogP contribution in [0.5, 0.6) is 0 Å². The number of para-hydroxylation sites is 1. The highest BCUT2D eigenvalue weighted by molar-refractivity contribution is 5.94. The number of carbonyl (C=O) groups excluding carboxylic acids is 1. The lowest BCUT2D eigenvalue weighted by Crippen LogP contribution is -2.45. The van der Waals surface area contributed by atoms with Gasteiger partial charge in [0, 0.05) is 48.2 Å². The number of benzene rings is 2. The summed E-state index contributed by atoms with van der Waals surface area (Å²) in [4.78, 5) is 23.8. The molecule has 5 rings (SSSR count). The number of anilines is 1. The lowest BCUT2D eigenvalue weighted by molar-refractivity contribution is 0.0931. The normalized spacial score (nSPS) is 14.7. The van der Waals surface area contributed by atoms with E-state index in [0.717, 1.165) is 48.3 Å². The van der Waals surface area contributed by atoms with Gasteiger partial charge >= 0.3 is 0 Å². The maximum Gasteiger partial charge on any atom is 0.251 e. The molecule has 0 saturated carbocycles. The van der Waals surface area contributed by atoms with Crippen LogP contribution in [0, 0.1) is 0 Å². The molecule has 4 aromatic rings. The van der Waals surface area contributed by atoms with Crippen LogP contribution in [0.3, 0.4) is 0 Å². The predicted molar refractivity (Wildman–Crippen MR) is 118 cm³/mol. The molecule has 1 fully saturated rings. The number of piperidine rings is 1. The largest absolute Gasteiger partial charge is 0.356 e. The highest BCUT2D eigenvalue weighted by Crippen LogP contribution is 2.25. The first-order valence-electron chi connectivity index (χ1n) is 10.3. The highest BCUT2D eigenvalue weighted by Gasteiger charge is 2.23. The minimum atomic E-state index is -0.0139. The van der Waals surface area contributed by atoms with E-state index in [2.05, 4.69) is 26.3 Å². The maximum absolute atomic E-state index is 12.7. The van der Waals surface area contributed by atoms with E-state index < -0.39 is 0 Å². The van der Waals surface area contributed by atoms with Crippen molar-refractivity contribution < 1.29 is 4.79 Å². The van der Waals surface area contributed by atoms with Gasteiger partial charge in [-0.2, -0.15) is 0 Å². The third kappa shape index (κ3) is 3.64. The molecule has 6 heteroatoms. The van der Waals surface area contributed by atoms with Crippen LogP contribution >= 0.6 is 0 Å². The van der Waals surface area contributed by atoms with Gasteiger partial charge < -0.3 is 14.8 Å². The standard InChI is InChI=1S/C24H23N5O/c30-24(18-7-9-20(10-8-18)28-13-3-4-14-28)27-19-11-15-29(16-12-19)23-21-5-1-2-6-22(21)25-17-26-23/h1-10,13-14,17,19H,11-12,15-16H2,(H,27,30). The van der Waals surface area contributed by atoms with Crippen LogP contribution < -0.4 is 10.2 Å². The van der Waals surface area contributed by atoms with Gasteiger partial charge in [-0.25, -0.2) is 9.97 Å². The molecule has 6 nitrogen and oxygen atoms in total. The lowest BCUT2D eigenvalue weighted by Gasteiger charge is -2.33. The molecule has 1 aliphatic heterocycles. The first kappa shape index (κ1) is 18.4. The molecule has 2 aromatic carbocycles. The zero-order chi connectivity index (χ0) is 20.3. The van der Waals surface area contributed by atoms with E-state index in [9.17, 15) is 4.79 Å². The van der Waals surface area contributed by atoms with Gasteiger partial charge in [0.1, 0.15) is 12.1 Å². The summed E-state index contributed by atoms with van der Waals surface area (Å²) in [6.45, 7) is 1.72. The van der Waals surface area contributed by atoms with Gasteiger partial charge in [0.15, 0.2) is 0 Å². The number of nitrogens with one attached hydrogen (secondary N) is 1. The Balaban J connectivity index is 1.21. The first-order valence-corrected chi connectivity index (χ1v) is 10.3. The van der Waals surface area contributed by atoms with Crippen molar-refractivity contribution in [3.8, 4) is 5.69 Å². The van der Waals surface area contributed by atoms with E-state index >= 15 is 0 Å². The molecule has 150 valence electrons. The topological polar surface area (TPSA) is 63.1 Å². The minimum Gasteiger partial charge on any atom is -0.356 e. The van der Waals surface area contributed by atoms with E-state index in [1.807, 2.05) is 71.6 Å². The number of hydrogen-bond donors (Lipinski definition) is 1. The summed E-state index contributed by atoms with van der Waals surface area (Å²) in [7, 11) is 0. The maximum atomic E-state index is 12.7. The van der Waals surface area contributed by atoms with Gasteiger partial charge in [0.25, 0.3) is 5.91 Å². The number of hydrogen-bond acceptors (Lipinski definition) is 4. The minimum absolute atomic E-state index is 0.0139. The number of aromatic nitrogens is 3. The van der Waals surface area contributed by atoms with Gasteiger partial charge in [-0.3, -0.25) is 4.79 Å². The van der Waals surface area contributed by atoms with Crippen LogP contribution in [0.1, 0.15) is 23.2 Å². The van der Waals surface area contributed by atoms with Gasteiger partial charge in [0.2, 0.25) is 0 Å². The van der Waals surface area contributed by atoms with E-state index in [-0.39, 0.29) is 11.9 Å².